The van der Waals surface area contributed by atoms with Gasteiger partial charge in [0, 0.05) is 13.2 Å². The molecular weight excluding hydrogens is 234 g/mol. The molecule has 0 aliphatic carbocycles. The van der Waals surface area contributed by atoms with Gasteiger partial charge >= 0.3 is 0 Å². The lowest BCUT2D eigenvalue weighted by Gasteiger charge is -2.12. The van der Waals surface area contributed by atoms with Gasteiger partial charge in [0.1, 0.15) is 0 Å². The number of aliphatic hydroxyl groups is 1. The maximum absolute atomic E-state index is 9.10. The molecule has 1 atom stereocenters. The minimum atomic E-state index is 0.285. The summed E-state index contributed by atoms with van der Waals surface area (Å²) >= 11 is 0. The lowest BCUT2D eigenvalue weighted by atomic mass is 10.0. The van der Waals surface area contributed by atoms with Crippen molar-refractivity contribution in [2.45, 2.75) is 40.0 Å². The summed E-state index contributed by atoms with van der Waals surface area (Å²) in [6.45, 7) is 8.81. The normalized spacial score (nSPS) is 12.9. The molecule has 1 aromatic rings. The van der Waals surface area contributed by atoms with Crippen molar-refractivity contribution < 1.29 is 5.11 Å². The lowest BCUT2D eigenvalue weighted by Crippen LogP contribution is -2.26. The van der Waals surface area contributed by atoms with E-state index in [1.807, 2.05) is 0 Å². The van der Waals surface area contributed by atoms with Crippen molar-refractivity contribution >= 4 is 0 Å². The van der Waals surface area contributed by atoms with Crippen LogP contribution in [0.4, 0.5) is 0 Å². The Bertz CT molecular complexity index is 328. The number of hydrogen-bond acceptors (Lipinski definition) is 2. The maximum Gasteiger partial charge on any atom is 0.0471 e. The van der Waals surface area contributed by atoms with Gasteiger partial charge in [0.15, 0.2) is 0 Å². The van der Waals surface area contributed by atoms with Crippen LogP contribution in [0.2, 0.25) is 0 Å². The van der Waals surface area contributed by atoms with Crippen LogP contribution in [0.3, 0.4) is 0 Å². The molecule has 0 aromatic heterocycles. The zero-order chi connectivity index (χ0) is 14.1. The Morgan fingerprint density at radius 2 is 1.74 bits per heavy atom. The Hall–Kier alpha value is -0.860. The Balaban J connectivity index is 2.26. The Morgan fingerprint density at radius 1 is 1.11 bits per heavy atom. The van der Waals surface area contributed by atoms with Crippen molar-refractivity contribution in [1.29, 1.82) is 0 Å². The molecule has 2 heteroatoms. The van der Waals surface area contributed by atoms with Crippen LogP contribution >= 0.6 is 0 Å². The van der Waals surface area contributed by atoms with E-state index in [1.165, 1.54) is 11.1 Å². The second-order valence-corrected chi connectivity index (χ2v) is 5.83. The van der Waals surface area contributed by atoms with Gasteiger partial charge in [-0.25, -0.2) is 0 Å². The average molecular weight is 263 g/mol. The van der Waals surface area contributed by atoms with Crippen LogP contribution in [0, 0.1) is 11.8 Å². The Kier molecular flexibility index (Phi) is 7.76. The number of nitrogens with one attached hydrogen (secondary N) is 1. The topological polar surface area (TPSA) is 32.3 Å². The third-order valence-electron chi connectivity index (χ3n) is 3.53. The maximum atomic E-state index is 9.10. The lowest BCUT2D eigenvalue weighted by molar-refractivity contribution is 0.219. The minimum absolute atomic E-state index is 0.285. The molecule has 2 N–H and O–H groups in total. The quantitative estimate of drug-likeness (QED) is 0.671. The summed E-state index contributed by atoms with van der Waals surface area (Å²) in [4.78, 5) is 0. The highest BCUT2D eigenvalue weighted by Gasteiger charge is 2.03. The van der Waals surface area contributed by atoms with Gasteiger partial charge in [-0.1, -0.05) is 45.0 Å². The van der Waals surface area contributed by atoms with E-state index in [-0.39, 0.29) is 6.61 Å². The van der Waals surface area contributed by atoms with Crippen LogP contribution < -0.4 is 5.32 Å². The van der Waals surface area contributed by atoms with Gasteiger partial charge in [0.05, 0.1) is 0 Å². The minimum Gasteiger partial charge on any atom is -0.396 e. The number of benzene rings is 1. The molecule has 0 radical (unpaired) electrons. The fourth-order valence-corrected chi connectivity index (χ4v) is 2.19. The zero-order valence-corrected chi connectivity index (χ0v) is 12.7. The standard InChI is InChI=1S/C17H29NO/c1-4-15(13-19)12-18-10-9-16-5-7-17(8-6-16)11-14(2)3/h5-8,14-15,18-19H,4,9-13H2,1-3H3. The summed E-state index contributed by atoms with van der Waals surface area (Å²) in [6, 6.07) is 8.97. The third-order valence-corrected chi connectivity index (χ3v) is 3.53. The monoisotopic (exact) mass is 263 g/mol. The third kappa shape index (κ3) is 6.74. The van der Waals surface area contributed by atoms with Crippen LogP contribution in [0.5, 0.6) is 0 Å². The average Bonchev–Trinajstić information content (AvgIpc) is 2.40. The molecule has 0 bridgehead atoms. The molecule has 0 aliphatic rings. The molecule has 1 rings (SSSR count). The van der Waals surface area contributed by atoms with Crippen molar-refractivity contribution in [3.63, 3.8) is 0 Å². The molecule has 1 unspecified atom stereocenters. The van der Waals surface area contributed by atoms with Gasteiger partial charge in [-0.3, -0.25) is 0 Å². The van der Waals surface area contributed by atoms with Crippen LogP contribution in [0.1, 0.15) is 38.3 Å². The molecule has 0 saturated heterocycles. The second kappa shape index (κ2) is 9.11. The fourth-order valence-electron chi connectivity index (χ4n) is 2.19. The van der Waals surface area contributed by atoms with Crippen LogP contribution in [0.25, 0.3) is 0 Å². The summed E-state index contributed by atoms with van der Waals surface area (Å²) in [5.41, 5.74) is 2.81. The fraction of sp³-hybridized carbons (Fsp3) is 0.647. The Labute approximate surface area is 118 Å². The Morgan fingerprint density at radius 3 is 2.26 bits per heavy atom. The first-order chi connectivity index (χ1) is 9.15. The van der Waals surface area contributed by atoms with Gasteiger partial charge in [0.25, 0.3) is 0 Å². The largest absolute Gasteiger partial charge is 0.396 e. The van der Waals surface area contributed by atoms with E-state index in [4.69, 9.17) is 5.11 Å². The smallest absolute Gasteiger partial charge is 0.0471 e. The van der Waals surface area contributed by atoms with Crippen LogP contribution in [-0.2, 0) is 12.8 Å². The molecule has 0 heterocycles. The van der Waals surface area contributed by atoms with Crippen molar-refractivity contribution in [1.82, 2.24) is 5.32 Å². The van der Waals surface area contributed by atoms with Gasteiger partial charge < -0.3 is 10.4 Å². The summed E-state index contributed by atoms with van der Waals surface area (Å²) in [7, 11) is 0. The molecule has 19 heavy (non-hydrogen) atoms. The molecule has 0 aliphatic heterocycles. The van der Waals surface area contributed by atoms with E-state index in [0.717, 1.165) is 38.3 Å². The molecule has 0 spiro atoms. The van der Waals surface area contributed by atoms with Gasteiger partial charge in [0.2, 0.25) is 0 Å². The van der Waals surface area contributed by atoms with Gasteiger partial charge in [-0.15, -0.1) is 0 Å². The first-order valence-corrected chi connectivity index (χ1v) is 7.55. The molecular formula is C17H29NO. The van der Waals surface area contributed by atoms with E-state index < -0.39 is 0 Å². The second-order valence-electron chi connectivity index (χ2n) is 5.83. The van der Waals surface area contributed by atoms with Crippen molar-refractivity contribution in [3.8, 4) is 0 Å². The van der Waals surface area contributed by atoms with E-state index in [2.05, 4.69) is 50.4 Å². The molecule has 1 aromatic carbocycles. The summed E-state index contributed by atoms with van der Waals surface area (Å²) < 4.78 is 0. The molecule has 108 valence electrons. The van der Waals surface area contributed by atoms with Crippen molar-refractivity contribution in [2.24, 2.45) is 11.8 Å². The SMILES string of the molecule is CCC(CO)CNCCc1ccc(CC(C)C)cc1. The number of hydrogen-bond donors (Lipinski definition) is 2. The summed E-state index contributed by atoms with van der Waals surface area (Å²) in [5.74, 6) is 1.12. The first kappa shape index (κ1) is 16.2. The highest BCUT2D eigenvalue weighted by atomic mass is 16.3. The first-order valence-electron chi connectivity index (χ1n) is 7.55. The number of rotatable bonds is 9. The molecule has 2 nitrogen and oxygen atoms in total. The highest BCUT2D eigenvalue weighted by Crippen LogP contribution is 2.10. The van der Waals surface area contributed by atoms with Crippen molar-refractivity contribution in [3.05, 3.63) is 35.4 Å². The predicted molar refractivity (Wildman–Crippen MR) is 82.4 cm³/mol. The van der Waals surface area contributed by atoms with E-state index in [9.17, 15) is 0 Å². The zero-order valence-electron chi connectivity index (χ0n) is 12.7. The van der Waals surface area contributed by atoms with E-state index in [1.54, 1.807) is 0 Å². The molecule has 0 amide bonds. The van der Waals surface area contributed by atoms with Gasteiger partial charge in [-0.05, 0) is 48.8 Å². The summed E-state index contributed by atoms with van der Waals surface area (Å²) in [5, 5.41) is 12.5. The highest BCUT2D eigenvalue weighted by molar-refractivity contribution is 5.23. The number of aliphatic hydroxyl groups excluding tert-OH is 1. The predicted octanol–water partition coefficient (Wildman–Crippen LogP) is 3.04. The van der Waals surface area contributed by atoms with Gasteiger partial charge in [-0.2, -0.15) is 0 Å². The summed E-state index contributed by atoms with van der Waals surface area (Å²) in [6.07, 6.45) is 3.25. The van der Waals surface area contributed by atoms with Crippen molar-refractivity contribution in [2.75, 3.05) is 19.7 Å². The van der Waals surface area contributed by atoms with E-state index >= 15 is 0 Å². The van der Waals surface area contributed by atoms with Crippen LogP contribution in [0.15, 0.2) is 24.3 Å². The molecule has 0 fully saturated rings. The van der Waals surface area contributed by atoms with Crippen LogP contribution in [-0.4, -0.2) is 24.8 Å². The van der Waals surface area contributed by atoms with E-state index in [0.29, 0.717) is 5.92 Å². The molecule has 0 saturated carbocycles.